The third-order valence-electron chi connectivity index (χ3n) is 11.2. The molecule has 4 nitrogen and oxygen atoms in total. The lowest BCUT2D eigenvalue weighted by Crippen LogP contribution is -1.97. The molecule has 4 heteroatoms. The van der Waals surface area contributed by atoms with Crippen LogP contribution in [0.15, 0.2) is 181 Å². The maximum atomic E-state index is 6.27. The molecule has 3 aromatic heterocycles. The SMILES string of the molecule is c1ccc2cc3c(cc2c1)c1cc2ccccc2cc1n3-c1ccc(-c2ccc(-c3ccc4c(c3)oc3ccccc34)c3nccnc23)c2ccccc12. The second kappa shape index (κ2) is 11.1. The summed E-state index contributed by atoms with van der Waals surface area (Å²) >= 11 is 0. The van der Waals surface area contributed by atoms with E-state index in [9.17, 15) is 0 Å². The first-order valence-electron chi connectivity index (χ1n) is 18.3. The Kier molecular flexibility index (Phi) is 6.02. The molecule has 250 valence electrons. The molecule has 0 amide bonds. The Balaban J connectivity index is 1.09. The molecule has 0 atom stereocenters. The zero-order valence-electron chi connectivity index (χ0n) is 29.0. The van der Waals surface area contributed by atoms with Crippen LogP contribution in [0, 0.1) is 0 Å². The summed E-state index contributed by atoms with van der Waals surface area (Å²) in [6, 6.07) is 59.0. The molecule has 0 radical (unpaired) electrons. The predicted molar refractivity (Wildman–Crippen MR) is 225 cm³/mol. The van der Waals surface area contributed by atoms with Crippen LogP contribution in [-0.2, 0) is 0 Å². The average Bonchev–Trinajstić information content (AvgIpc) is 3.75. The first-order chi connectivity index (χ1) is 26.8. The molecule has 9 aromatic carbocycles. The highest BCUT2D eigenvalue weighted by atomic mass is 16.3. The van der Waals surface area contributed by atoms with Crippen LogP contribution in [0.25, 0.3) is 115 Å². The van der Waals surface area contributed by atoms with Gasteiger partial charge >= 0.3 is 0 Å². The van der Waals surface area contributed by atoms with Gasteiger partial charge in [0.1, 0.15) is 11.2 Å². The summed E-state index contributed by atoms with van der Waals surface area (Å²) in [4.78, 5) is 9.89. The molecule has 0 unspecified atom stereocenters. The molecule has 0 spiro atoms. The van der Waals surface area contributed by atoms with Crippen molar-refractivity contribution in [3.63, 3.8) is 0 Å². The zero-order valence-corrected chi connectivity index (χ0v) is 29.0. The highest BCUT2D eigenvalue weighted by Gasteiger charge is 2.20. The molecule has 54 heavy (non-hydrogen) atoms. The molecule has 0 bridgehead atoms. The summed E-state index contributed by atoms with van der Waals surface area (Å²) in [7, 11) is 0. The minimum Gasteiger partial charge on any atom is -0.456 e. The van der Waals surface area contributed by atoms with Gasteiger partial charge in [0.15, 0.2) is 0 Å². The number of furan rings is 1. The van der Waals surface area contributed by atoms with Crippen molar-refractivity contribution in [3.8, 4) is 27.9 Å². The van der Waals surface area contributed by atoms with Gasteiger partial charge in [-0.05, 0) is 86.6 Å². The average molecular weight is 688 g/mol. The van der Waals surface area contributed by atoms with Crippen LogP contribution in [0.5, 0.6) is 0 Å². The summed E-state index contributed by atoms with van der Waals surface area (Å²) < 4.78 is 8.73. The monoisotopic (exact) mass is 687 g/mol. The minimum absolute atomic E-state index is 0.861. The first-order valence-corrected chi connectivity index (χ1v) is 18.3. The van der Waals surface area contributed by atoms with Crippen molar-refractivity contribution in [2.24, 2.45) is 0 Å². The van der Waals surface area contributed by atoms with Gasteiger partial charge in [-0.3, -0.25) is 9.97 Å². The van der Waals surface area contributed by atoms with Crippen molar-refractivity contribution in [2.75, 3.05) is 0 Å². The number of fused-ring (bicyclic) bond motifs is 10. The number of benzene rings is 9. The summed E-state index contributed by atoms with van der Waals surface area (Å²) in [5.41, 5.74) is 11.3. The lowest BCUT2D eigenvalue weighted by molar-refractivity contribution is 0.669. The minimum atomic E-state index is 0.861. The van der Waals surface area contributed by atoms with Gasteiger partial charge in [0.25, 0.3) is 0 Å². The van der Waals surface area contributed by atoms with Crippen molar-refractivity contribution < 1.29 is 4.42 Å². The summed E-state index contributed by atoms with van der Waals surface area (Å²) in [6.45, 7) is 0. The summed E-state index contributed by atoms with van der Waals surface area (Å²) in [5, 5.41) is 12.0. The van der Waals surface area contributed by atoms with Gasteiger partial charge in [0.2, 0.25) is 0 Å². The third kappa shape index (κ3) is 4.19. The van der Waals surface area contributed by atoms with Crippen LogP contribution in [0.3, 0.4) is 0 Å². The Labute approximate surface area is 309 Å². The maximum absolute atomic E-state index is 6.27. The second-order valence-electron chi connectivity index (χ2n) is 14.2. The fourth-order valence-corrected chi connectivity index (χ4v) is 8.76. The van der Waals surface area contributed by atoms with E-state index in [1.807, 2.05) is 12.1 Å². The van der Waals surface area contributed by atoms with Crippen molar-refractivity contribution in [1.29, 1.82) is 0 Å². The topological polar surface area (TPSA) is 43.9 Å². The van der Waals surface area contributed by atoms with E-state index >= 15 is 0 Å². The van der Waals surface area contributed by atoms with E-state index in [0.29, 0.717) is 0 Å². The Hall–Kier alpha value is -7.30. The van der Waals surface area contributed by atoms with Crippen LogP contribution >= 0.6 is 0 Å². The quantitative estimate of drug-likeness (QED) is 0.186. The third-order valence-corrected chi connectivity index (χ3v) is 11.2. The van der Waals surface area contributed by atoms with Gasteiger partial charge in [-0.1, -0.05) is 115 Å². The lowest BCUT2D eigenvalue weighted by Gasteiger charge is -2.16. The van der Waals surface area contributed by atoms with Gasteiger partial charge < -0.3 is 8.98 Å². The second-order valence-corrected chi connectivity index (χ2v) is 14.2. The number of rotatable bonds is 3. The molecule has 0 saturated heterocycles. The van der Waals surface area contributed by atoms with Gasteiger partial charge in [-0.2, -0.15) is 0 Å². The lowest BCUT2D eigenvalue weighted by atomic mass is 9.93. The van der Waals surface area contributed by atoms with Gasteiger partial charge in [0, 0.05) is 50.5 Å². The van der Waals surface area contributed by atoms with Crippen molar-refractivity contribution >= 4 is 87.1 Å². The van der Waals surface area contributed by atoms with Gasteiger partial charge in [0.05, 0.1) is 27.8 Å². The first kappa shape index (κ1) is 29.3. The number of hydrogen-bond acceptors (Lipinski definition) is 3. The van der Waals surface area contributed by atoms with Crippen molar-refractivity contribution in [3.05, 3.63) is 176 Å². The Morgan fingerprint density at radius 2 is 0.907 bits per heavy atom. The van der Waals surface area contributed by atoms with Gasteiger partial charge in [-0.15, -0.1) is 0 Å². The molecule has 0 saturated carbocycles. The molecule has 0 aliphatic heterocycles. The predicted octanol–water partition coefficient (Wildman–Crippen LogP) is 13.4. The van der Waals surface area contributed by atoms with Crippen LogP contribution in [0.1, 0.15) is 0 Å². The molecule has 12 rings (SSSR count). The maximum Gasteiger partial charge on any atom is 0.136 e. The van der Waals surface area contributed by atoms with Crippen LogP contribution in [0.2, 0.25) is 0 Å². The van der Waals surface area contributed by atoms with E-state index < -0.39 is 0 Å². The smallest absolute Gasteiger partial charge is 0.136 e. The summed E-state index contributed by atoms with van der Waals surface area (Å²) in [5.74, 6) is 0. The van der Waals surface area contributed by atoms with Gasteiger partial charge in [-0.25, -0.2) is 0 Å². The van der Waals surface area contributed by atoms with Crippen LogP contribution < -0.4 is 0 Å². The number of para-hydroxylation sites is 1. The van der Waals surface area contributed by atoms with E-state index in [2.05, 4.69) is 156 Å². The van der Waals surface area contributed by atoms with Crippen molar-refractivity contribution in [2.45, 2.75) is 0 Å². The molecule has 0 fully saturated rings. The molecular weight excluding hydrogens is 659 g/mol. The van der Waals surface area contributed by atoms with E-state index in [1.165, 1.54) is 48.7 Å². The molecule has 0 aliphatic carbocycles. The van der Waals surface area contributed by atoms with Crippen molar-refractivity contribution in [1.82, 2.24) is 14.5 Å². The highest BCUT2D eigenvalue weighted by Crippen LogP contribution is 2.43. The molecule has 0 N–H and O–H groups in total. The molecular formula is C50H29N3O. The fraction of sp³-hybridized carbons (Fsp3) is 0. The number of hydrogen-bond donors (Lipinski definition) is 0. The molecule has 3 heterocycles. The normalized spacial score (nSPS) is 12.1. The fourth-order valence-electron chi connectivity index (χ4n) is 8.76. The Bertz CT molecular complexity index is 3420. The number of aromatic nitrogens is 3. The zero-order chi connectivity index (χ0) is 35.3. The Morgan fingerprint density at radius 1 is 0.370 bits per heavy atom. The molecule has 0 aliphatic rings. The highest BCUT2D eigenvalue weighted by molar-refractivity contribution is 6.18. The van der Waals surface area contributed by atoms with Crippen LogP contribution in [0.4, 0.5) is 0 Å². The van der Waals surface area contributed by atoms with E-state index in [4.69, 9.17) is 14.4 Å². The summed E-state index contributed by atoms with van der Waals surface area (Å²) in [6.07, 6.45) is 3.58. The molecule has 12 aromatic rings. The van der Waals surface area contributed by atoms with Crippen LogP contribution in [-0.4, -0.2) is 14.5 Å². The standard InChI is InChI=1S/C50H29N3O/c1-3-11-32-27-45-42(25-30(32)9-1)43-26-31-10-2-4-12-33(31)28-46(43)53(45)44-22-21-37(36-13-5-6-14-38(36)44)41-20-19-35(49-50(41)52-24-23-51-49)34-17-18-40-39-15-7-8-16-47(39)54-48(40)29-34/h1-29H. The Morgan fingerprint density at radius 3 is 1.61 bits per heavy atom. The van der Waals surface area contributed by atoms with E-state index in [1.54, 1.807) is 12.4 Å². The largest absolute Gasteiger partial charge is 0.456 e. The van der Waals surface area contributed by atoms with E-state index in [-0.39, 0.29) is 0 Å². The van der Waals surface area contributed by atoms with E-state index in [0.717, 1.165) is 66.3 Å². The number of nitrogens with zero attached hydrogens (tertiary/aromatic N) is 3.